The highest BCUT2D eigenvalue weighted by molar-refractivity contribution is 5.92. The van der Waals surface area contributed by atoms with Gasteiger partial charge in [-0.1, -0.05) is 6.07 Å². The Morgan fingerprint density at radius 3 is 2.46 bits per heavy atom. The largest absolute Gasteiger partial charge is 0.466 e. The lowest BCUT2D eigenvalue weighted by atomic mass is 9.97. The molecule has 1 aliphatic heterocycles. The number of nitrogens with zero attached hydrogens (tertiary/aromatic N) is 1. The van der Waals surface area contributed by atoms with Gasteiger partial charge in [0.05, 0.1) is 12.5 Å². The molecule has 26 heavy (non-hydrogen) atoms. The molecule has 1 saturated heterocycles. The second-order valence-corrected chi connectivity index (χ2v) is 7.70. The number of hydrogen-bond acceptors (Lipinski definition) is 3. The van der Waals surface area contributed by atoms with Crippen LogP contribution in [0.5, 0.6) is 0 Å². The van der Waals surface area contributed by atoms with Crippen molar-refractivity contribution in [2.45, 2.75) is 58.3 Å². The van der Waals surface area contributed by atoms with Gasteiger partial charge in [-0.25, -0.2) is 4.79 Å². The van der Waals surface area contributed by atoms with E-state index < -0.39 is 0 Å². The molecule has 1 unspecified atom stereocenters. The van der Waals surface area contributed by atoms with Gasteiger partial charge in [-0.2, -0.15) is 0 Å². The van der Waals surface area contributed by atoms with Crippen molar-refractivity contribution >= 4 is 17.7 Å². The second-order valence-electron chi connectivity index (χ2n) is 7.70. The second kappa shape index (κ2) is 7.29. The zero-order valence-electron chi connectivity index (χ0n) is 15.6. The molecule has 140 valence electrons. The van der Waals surface area contributed by atoms with Crippen LogP contribution in [0.3, 0.4) is 0 Å². The van der Waals surface area contributed by atoms with Gasteiger partial charge in [0, 0.05) is 18.8 Å². The number of likely N-dealkylation sites (tertiary alicyclic amines) is 1. The third-order valence-corrected chi connectivity index (χ3v) is 6.03. The normalized spacial score (nSPS) is 21.3. The maximum absolute atomic E-state index is 13.0. The van der Waals surface area contributed by atoms with Crippen LogP contribution in [0.4, 0.5) is 10.5 Å². The van der Waals surface area contributed by atoms with Crippen molar-refractivity contribution in [2.75, 3.05) is 25.0 Å². The van der Waals surface area contributed by atoms with Gasteiger partial charge in [0.25, 0.3) is 0 Å². The third kappa shape index (κ3) is 3.19. The third-order valence-electron chi connectivity index (χ3n) is 6.03. The fraction of sp³-hybridized carbons (Fsp3) is 0.619. The first-order valence-electron chi connectivity index (χ1n) is 10.1. The zero-order valence-corrected chi connectivity index (χ0v) is 15.6. The molecule has 0 radical (unpaired) electrons. The summed E-state index contributed by atoms with van der Waals surface area (Å²) in [6.45, 7) is 3.38. The number of carbonyl (C=O) groups excluding carboxylic acids is 2. The van der Waals surface area contributed by atoms with E-state index in [1.807, 2.05) is 6.92 Å². The van der Waals surface area contributed by atoms with Gasteiger partial charge in [0.2, 0.25) is 0 Å². The summed E-state index contributed by atoms with van der Waals surface area (Å²) in [5.41, 5.74) is 6.61. The maximum Gasteiger partial charge on any atom is 0.321 e. The Hall–Kier alpha value is -2.04. The fourth-order valence-electron chi connectivity index (χ4n) is 4.77. The molecule has 0 bridgehead atoms. The molecule has 2 aliphatic carbocycles. The van der Waals surface area contributed by atoms with Crippen molar-refractivity contribution in [3.63, 3.8) is 0 Å². The average molecular weight is 356 g/mol. The van der Waals surface area contributed by atoms with Crippen LogP contribution >= 0.6 is 0 Å². The number of rotatable bonds is 3. The van der Waals surface area contributed by atoms with E-state index >= 15 is 0 Å². The van der Waals surface area contributed by atoms with Gasteiger partial charge >= 0.3 is 12.0 Å². The molecule has 4 rings (SSSR count). The van der Waals surface area contributed by atoms with Crippen molar-refractivity contribution in [3.8, 4) is 0 Å². The predicted molar refractivity (Wildman–Crippen MR) is 100 cm³/mol. The summed E-state index contributed by atoms with van der Waals surface area (Å²) in [4.78, 5) is 26.8. The Labute approximate surface area is 155 Å². The highest BCUT2D eigenvalue weighted by Gasteiger charge is 2.31. The quantitative estimate of drug-likeness (QED) is 0.844. The Morgan fingerprint density at radius 2 is 1.81 bits per heavy atom. The van der Waals surface area contributed by atoms with Crippen molar-refractivity contribution in [3.05, 3.63) is 28.3 Å². The predicted octanol–water partition coefficient (Wildman–Crippen LogP) is 3.47. The number of piperidine rings is 1. The molecule has 1 aromatic carbocycles. The number of anilines is 1. The number of aryl methyl sites for hydroxylation is 2. The summed E-state index contributed by atoms with van der Waals surface area (Å²) >= 11 is 0. The topological polar surface area (TPSA) is 58.6 Å². The van der Waals surface area contributed by atoms with E-state index in [2.05, 4.69) is 11.4 Å². The number of fused-ring (bicyclic) bond motifs is 2. The number of urea groups is 1. The Bertz CT molecular complexity index is 696. The number of benzene rings is 1. The molecule has 5 nitrogen and oxygen atoms in total. The van der Waals surface area contributed by atoms with E-state index in [-0.39, 0.29) is 17.9 Å². The van der Waals surface area contributed by atoms with Gasteiger partial charge in [0.1, 0.15) is 0 Å². The Balaban J connectivity index is 1.51. The molecule has 1 aromatic rings. The van der Waals surface area contributed by atoms with E-state index in [0.717, 1.165) is 44.2 Å². The molecule has 0 saturated carbocycles. The first kappa shape index (κ1) is 17.4. The van der Waals surface area contributed by atoms with Crippen LogP contribution in [-0.2, 0) is 35.2 Å². The van der Waals surface area contributed by atoms with E-state index in [1.54, 1.807) is 4.90 Å². The highest BCUT2D eigenvalue weighted by atomic mass is 16.5. The SMILES string of the molecule is CCOC(=O)C1CCCN(C(=O)Nc2c3c(cc4c2CCC4)CCC3)C1. The van der Waals surface area contributed by atoms with Crippen LogP contribution in [0, 0.1) is 5.92 Å². The molecule has 0 aromatic heterocycles. The molecule has 1 atom stereocenters. The molecular weight excluding hydrogens is 328 g/mol. The van der Waals surface area contributed by atoms with E-state index in [4.69, 9.17) is 4.74 Å². The zero-order chi connectivity index (χ0) is 18.1. The summed E-state index contributed by atoms with van der Waals surface area (Å²) in [7, 11) is 0. The van der Waals surface area contributed by atoms with E-state index in [1.165, 1.54) is 35.1 Å². The minimum atomic E-state index is -0.193. The van der Waals surface area contributed by atoms with Gasteiger partial charge < -0.3 is 15.0 Å². The lowest BCUT2D eigenvalue weighted by Gasteiger charge is -2.32. The Morgan fingerprint density at radius 1 is 1.12 bits per heavy atom. The summed E-state index contributed by atoms with van der Waals surface area (Å²) < 4.78 is 5.15. The minimum Gasteiger partial charge on any atom is -0.466 e. The number of esters is 1. The summed E-state index contributed by atoms with van der Waals surface area (Å²) in [5, 5.41) is 3.24. The average Bonchev–Trinajstić information content (AvgIpc) is 3.30. The molecular formula is C21H28N2O3. The van der Waals surface area contributed by atoms with Crippen LogP contribution in [0.1, 0.15) is 54.9 Å². The van der Waals surface area contributed by atoms with Crippen molar-refractivity contribution < 1.29 is 14.3 Å². The molecule has 5 heteroatoms. The standard InChI is InChI=1S/C21H28N2O3/c1-2-26-20(24)16-8-5-11-23(13-16)21(25)22-19-17-9-3-6-14(17)12-15-7-4-10-18(15)19/h12,16H,2-11,13H2,1H3,(H,22,25). The molecule has 1 fully saturated rings. The molecule has 2 amide bonds. The van der Waals surface area contributed by atoms with E-state index in [9.17, 15) is 9.59 Å². The summed E-state index contributed by atoms with van der Waals surface area (Å²) in [5.74, 6) is -0.367. The summed E-state index contributed by atoms with van der Waals surface area (Å²) in [6, 6.07) is 2.31. The molecule has 1 heterocycles. The van der Waals surface area contributed by atoms with E-state index in [0.29, 0.717) is 19.7 Å². The van der Waals surface area contributed by atoms with Crippen molar-refractivity contribution in [2.24, 2.45) is 5.92 Å². The lowest BCUT2D eigenvalue weighted by Crippen LogP contribution is -2.45. The van der Waals surface area contributed by atoms with Crippen LogP contribution < -0.4 is 5.32 Å². The number of nitrogens with one attached hydrogen (secondary N) is 1. The lowest BCUT2D eigenvalue weighted by molar-refractivity contribution is -0.149. The van der Waals surface area contributed by atoms with Crippen LogP contribution in [-0.4, -0.2) is 36.6 Å². The smallest absolute Gasteiger partial charge is 0.321 e. The van der Waals surface area contributed by atoms with Crippen molar-refractivity contribution in [1.29, 1.82) is 0 Å². The minimum absolute atomic E-state index is 0.0617. The first-order valence-corrected chi connectivity index (χ1v) is 10.1. The number of hydrogen-bond donors (Lipinski definition) is 1. The Kier molecular flexibility index (Phi) is 4.88. The number of carbonyl (C=O) groups is 2. The van der Waals surface area contributed by atoms with Gasteiger partial charge in [-0.3, -0.25) is 4.79 Å². The number of ether oxygens (including phenoxy) is 1. The monoisotopic (exact) mass is 356 g/mol. The van der Waals surface area contributed by atoms with Crippen LogP contribution in [0.15, 0.2) is 6.07 Å². The van der Waals surface area contributed by atoms with Gasteiger partial charge in [0.15, 0.2) is 0 Å². The maximum atomic E-state index is 13.0. The molecule has 1 N–H and O–H groups in total. The fourth-order valence-corrected chi connectivity index (χ4v) is 4.77. The summed E-state index contributed by atoms with van der Waals surface area (Å²) in [6.07, 6.45) is 8.37. The van der Waals surface area contributed by atoms with Crippen LogP contribution in [0.25, 0.3) is 0 Å². The molecule has 0 spiro atoms. The molecule has 3 aliphatic rings. The van der Waals surface area contributed by atoms with Crippen molar-refractivity contribution in [1.82, 2.24) is 4.90 Å². The van der Waals surface area contributed by atoms with Gasteiger partial charge in [-0.05, 0) is 80.5 Å². The van der Waals surface area contributed by atoms with Crippen LogP contribution in [0.2, 0.25) is 0 Å². The van der Waals surface area contributed by atoms with Gasteiger partial charge in [-0.15, -0.1) is 0 Å². The number of amides is 2. The first-order chi connectivity index (χ1) is 12.7. The highest BCUT2D eigenvalue weighted by Crippen LogP contribution is 2.38.